The molecular formula is C21H22N2O4. The van der Waals surface area contributed by atoms with E-state index in [1.165, 1.54) is 6.92 Å². The van der Waals surface area contributed by atoms with Crippen LogP contribution in [0.1, 0.15) is 30.1 Å². The molecule has 2 aromatic rings. The summed E-state index contributed by atoms with van der Waals surface area (Å²) < 4.78 is 5.46. The molecule has 0 unspecified atom stereocenters. The highest BCUT2D eigenvalue weighted by molar-refractivity contribution is 6.00. The number of hydrogen-bond donors (Lipinski definition) is 1. The minimum Gasteiger partial charge on any atom is -0.484 e. The fourth-order valence-electron chi connectivity index (χ4n) is 3.06. The van der Waals surface area contributed by atoms with Gasteiger partial charge in [0.15, 0.2) is 12.4 Å². The van der Waals surface area contributed by atoms with Crippen LogP contribution in [0, 0.1) is 0 Å². The van der Waals surface area contributed by atoms with Gasteiger partial charge >= 0.3 is 0 Å². The van der Waals surface area contributed by atoms with E-state index in [1.807, 2.05) is 30.3 Å². The molecule has 2 aromatic carbocycles. The normalized spacial score (nSPS) is 16.7. The van der Waals surface area contributed by atoms with Crippen molar-refractivity contribution in [2.45, 2.75) is 25.8 Å². The number of carbonyl (C=O) groups excluding carboxylic acids is 3. The van der Waals surface area contributed by atoms with Gasteiger partial charge in [-0.15, -0.1) is 0 Å². The second kappa shape index (κ2) is 8.49. The molecule has 1 heterocycles. The molecule has 3 rings (SSSR count). The van der Waals surface area contributed by atoms with Gasteiger partial charge in [-0.25, -0.2) is 0 Å². The maximum absolute atomic E-state index is 12.7. The van der Waals surface area contributed by atoms with Crippen molar-refractivity contribution in [3.63, 3.8) is 0 Å². The van der Waals surface area contributed by atoms with E-state index in [0.29, 0.717) is 24.3 Å². The van der Waals surface area contributed by atoms with E-state index in [9.17, 15) is 14.4 Å². The molecule has 2 amide bonds. The van der Waals surface area contributed by atoms with Gasteiger partial charge in [-0.05, 0) is 44.0 Å². The number of ketones is 1. The van der Waals surface area contributed by atoms with Crippen molar-refractivity contribution in [1.82, 2.24) is 5.32 Å². The van der Waals surface area contributed by atoms with E-state index in [2.05, 4.69) is 5.32 Å². The first kappa shape index (κ1) is 18.6. The van der Waals surface area contributed by atoms with Crippen LogP contribution in [-0.4, -0.2) is 36.8 Å². The molecule has 1 N–H and O–H groups in total. The number of Topliss-reactive ketones (excluding diaryl/α,β-unsaturated/α-hetero) is 1. The predicted octanol–water partition coefficient (Wildman–Crippen LogP) is 2.58. The van der Waals surface area contributed by atoms with Crippen molar-refractivity contribution in [3.05, 3.63) is 60.2 Å². The summed E-state index contributed by atoms with van der Waals surface area (Å²) in [5.41, 5.74) is 1.35. The second-order valence-electron chi connectivity index (χ2n) is 6.46. The molecule has 1 aliphatic heterocycles. The van der Waals surface area contributed by atoms with Gasteiger partial charge in [-0.3, -0.25) is 14.4 Å². The van der Waals surface area contributed by atoms with Crippen LogP contribution in [0.3, 0.4) is 0 Å². The molecule has 0 aliphatic carbocycles. The fourth-order valence-corrected chi connectivity index (χ4v) is 3.06. The summed E-state index contributed by atoms with van der Waals surface area (Å²) in [5, 5.41) is 2.75. The Morgan fingerprint density at radius 1 is 1.15 bits per heavy atom. The van der Waals surface area contributed by atoms with Crippen molar-refractivity contribution in [2.75, 3.05) is 18.1 Å². The Bertz CT molecular complexity index is 835. The summed E-state index contributed by atoms with van der Waals surface area (Å²) in [6, 6.07) is 15.5. The van der Waals surface area contributed by atoms with Gasteiger partial charge in [0.2, 0.25) is 5.91 Å². The van der Waals surface area contributed by atoms with Crippen molar-refractivity contribution in [1.29, 1.82) is 0 Å². The lowest BCUT2D eigenvalue weighted by molar-refractivity contribution is -0.129. The Labute approximate surface area is 158 Å². The maximum atomic E-state index is 12.7. The van der Waals surface area contributed by atoms with E-state index in [1.54, 1.807) is 29.2 Å². The number of piperidine rings is 1. The minimum absolute atomic E-state index is 0.0706. The number of nitrogens with one attached hydrogen (secondary N) is 1. The number of ether oxygens (including phenoxy) is 1. The van der Waals surface area contributed by atoms with Crippen LogP contribution in [0.5, 0.6) is 5.75 Å². The van der Waals surface area contributed by atoms with Crippen molar-refractivity contribution >= 4 is 23.3 Å². The first-order valence-corrected chi connectivity index (χ1v) is 8.94. The number of rotatable bonds is 6. The average Bonchev–Trinajstić information content (AvgIpc) is 2.69. The van der Waals surface area contributed by atoms with Crippen LogP contribution in [-0.2, 0) is 9.59 Å². The molecule has 0 saturated carbocycles. The van der Waals surface area contributed by atoms with Crippen molar-refractivity contribution in [2.24, 2.45) is 0 Å². The molecule has 1 saturated heterocycles. The van der Waals surface area contributed by atoms with Gasteiger partial charge in [0.25, 0.3) is 5.91 Å². The largest absolute Gasteiger partial charge is 0.484 e. The monoisotopic (exact) mass is 366 g/mol. The van der Waals surface area contributed by atoms with E-state index in [4.69, 9.17) is 4.74 Å². The van der Waals surface area contributed by atoms with Gasteiger partial charge in [0.05, 0.1) is 0 Å². The second-order valence-corrected chi connectivity index (χ2v) is 6.46. The molecule has 0 bridgehead atoms. The molecule has 1 fully saturated rings. The molecule has 6 heteroatoms. The van der Waals surface area contributed by atoms with Gasteiger partial charge in [0, 0.05) is 17.8 Å². The lowest BCUT2D eigenvalue weighted by Crippen LogP contribution is -2.53. The molecule has 1 atom stereocenters. The molecule has 0 radical (unpaired) electrons. The summed E-state index contributed by atoms with van der Waals surface area (Å²) in [6.45, 7) is 1.90. The van der Waals surface area contributed by atoms with E-state index < -0.39 is 6.04 Å². The number of amides is 2. The lowest BCUT2D eigenvalue weighted by atomic mass is 10.0. The Balaban J connectivity index is 1.56. The topological polar surface area (TPSA) is 75.7 Å². The highest BCUT2D eigenvalue weighted by Crippen LogP contribution is 2.20. The van der Waals surface area contributed by atoms with Crippen LogP contribution in [0.25, 0.3) is 0 Å². The predicted molar refractivity (Wildman–Crippen MR) is 102 cm³/mol. The molecule has 0 spiro atoms. The van der Waals surface area contributed by atoms with Crippen LogP contribution in [0.15, 0.2) is 54.6 Å². The number of nitrogens with zero attached hydrogens (tertiary/aromatic N) is 1. The molecule has 140 valence electrons. The van der Waals surface area contributed by atoms with Gasteiger partial charge in [-0.1, -0.05) is 30.3 Å². The Kier molecular flexibility index (Phi) is 5.86. The maximum Gasteiger partial charge on any atom is 0.258 e. The van der Waals surface area contributed by atoms with E-state index >= 15 is 0 Å². The Morgan fingerprint density at radius 2 is 1.93 bits per heavy atom. The first-order chi connectivity index (χ1) is 13.0. The lowest BCUT2D eigenvalue weighted by Gasteiger charge is -2.32. The van der Waals surface area contributed by atoms with Gasteiger partial charge in [-0.2, -0.15) is 0 Å². The third kappa shape index (κ3) is 4.73. The van der Waals surface area contributed by atoms with Crippen LogP contribution >= 0.6 is 0 Å². The standard InChI is InChI=1S/C21H22N2O4/c1-15(24)16-7-5-10-18(13-16)27-14-20(25)22-19-11-6-12-23(21(19)26)17-8-3-2-4-9-17/h2-5,7-10,13,19H,6,11-12,14H2,1H3,(H,22,25)/t19-/m1/s1. The summed E-state index contributed by atoms with van der Waals surface area (Å²) in [7, 11) is 0. The molecule has 27 heavy (non-hydrogen) atoms. The van der Waals surface area contributed by atoms with E-state index in [-0.39, 0.29) is 24.2 Å². The third-order valence-electron chi connectivity index (χ3n) is 4.45. The summed E-state index contributed by atoms with van der Waals surface area (Å²) >= 11 is 0. The zero-order chi connectivity index (χ0) is 19.2. The van der Waals surface area contributed by atoms with Gasteiger partial charge in [0.1, 0.15) is 11.8 Å². The number of hydrogen-bond acceptors (Lipinski definition) is 4. The van der Waals surface area contributed by atoms with Gasteiger partial charge < -0.3 is 15.0 Å². The average molecular weight is 366 g/mol. The smallest absolute Gasteiger partial charge is 0.258 e. The quantitative estimate of drug-likeness (QED) is 0.798. The molecule has 6 nitrogen and oxygen atoms in total. The highest BCUT2D eigenvalue weighted by atomic mass is 16.5. The first-order valence-electron chi connectivity index (χ1n) is 8.94. The van der Waals surface area contributed by atoms with Crippen LogP contribution < -0.4 is 15.0 Å². The zero-order valence-electron chi connectivity index (χ0n) is 15.2. The highest BCUT2D eigenvalue weighted by Gasteiger charge is 2.30. The fraction of sp³-hybridized carbons (Fsp3) is 0.286. The van der Waals surface area contributed by atoms with Crippen molar-refractivity contribution in [3.8, 4) is 5.75 Å². The molecule has 1 aliphatic rings. The van der Waals surface area contributed by atoms with Crippen LogP contribution in [0.2, 0.25) is 0 Å². The molecular weight excluding hydrogens is 344 g/mol. The summed E-state index contributed by atoms with van der Waals surface area (Å²) in [5.74, 6) is -0.103. The third-order valence-corrected chi connectivity index (χ3v) is 4.45. The van der Waals surface area contributed by atoms with E-state index in [0.717, 1.165) is 12.1 Å². The zero-order valence-corrected chi connectivity index (χ0v) is 15.2. The SMILES string of the molecule is CC(=O)c1cccc(OCC(=O)N[C@@H]2CCCN(c3ccccc3)C2=O)c1. The number of carbonyl (C=O) groups is 3. The summed E-state index contributed by atoms with van der Waals surface area (Å²) in [6.07, 6.45) is 1.42. The number of benzene rings is 2. The number of anilines is 1. The van der Waals surface area contributed by atoms with Crippen molar-refractivity contribution < 1.29 is 19.1 Å². The number of para-hydroxylation sites is 1. The van der Waals surface area contributed by atoms with Crippen LogP contribution in [0.4, 0.5) is 5.69 Å². The summed E-state index contributed by atoms with van der Waals surface area (Å²) in [4.78, 5) is 38.0. The minimum atomic E-state index is -0.557. The molecule has 0 aromatic heterocycles. The Morgan fingerprint density at radius 3 is 2.67 bits per heavy atom. The Hall–Kier alpha value is -3.15.